The van der Waals surface area contributed by atoms with Crippen molar-refractivity contribution in [3.63, 3.8) is 0 Å². The molecule has 5 nitrogen and oxygen atoms in total. The molecule has 0 atom stereocenters. The van der Waals surface area contributed by atoms with E-state index in [2.05, 4.69) is 56.5 Å². The van der Waals surface area contributed by atoms with Gasteiger partial charge in [-0.2, -0.15) is 0 Å². The van der Waals surface area contributed by atoms with Crippen molar-refractivity contribution < 1.29 is 4.79 Å². The highest BCUT2D eigenvalue weighted by Crippen LogP contribution is 2.20. The summed E-state index contributed by atoms with van der Waals surface area (Å²) in [5.74, 6) is 1.27. The summed E-state index contributed by atoms with van der Waals surface area (Å²) >= 11 is 1.43. The van der Waals surface area contributed by atoms with Gasteiger partial charge in [-0.3, -0.25) is 4.79 Å². The summed E-state index contributed by atoms with van der Waals surface area (Å²) in [6, 6.07) is 20.7. The molecule has 1 aromatic heterocycles. The number of hydrogen-bond acceptors (Lipinski definition) is 4. The predicted molar refractivity (Wildman–Crippen MR) is 118 cm³/mol. The van der Waals surface area contributed by atoms with Gasteiger partial charge in [-0.1, -0.05) is 72.4 Å². The molecule has 0 fully saturated rings. The van der Waals surface area contributed by atoms with Crippen LogP contribution in [0.4, 0.5) is 0 Å². The first kappa shape index (κ1) is 21.1. The molecule has 0 aliphatic rings. The average molecular weight is 409 g/mol. The number of carbonyl (C=O) groups excluding carboxylic acids is 1. The highest BCUT2D eigenvalue weighted by atomic mass is 32.2. The highest BCUT2D eigenvalue weighted by molar-refractivity contribution is 7.99. The number of rotatable bonds is 8. The van der Waals surface area contributed by atoms with Crippen molar-refractivity contribution in [2.45, 2.75) is 50.9 Å². The van der Waals surface area contributed by atoms with Crippen molar-refractivity contribution in [1.29, 1.82) is 0 Å². The van der Waals surface area contributed by atoms with Gasteiger partial charge in [0.1, 0.15) is 5.82 Å². The van der Waals surface area contributed by atoms with E-state index in [0.717, 1.165) is 23.8 Å². The lowest BCUT2D eigenvalue weighted by Gasteiger charge is -2.20. The molecule has 0 aliphatic carbocycles. The minimum absolute atomic E-state index is 0.00240. The van der Waals surface area contributed by atoms with Crippen molar-refractivity contribution in [2.24, 2.45) is 0 Å². The Morgan fingerprint density at radius 3 is 2.17 bits per heavy atom. The SMILES string of the molecule is CC(C)(C)NC(=O)CSc1nnc(CCc2ccccc2)n1Cc1ccccc1. The lowest BCUT2D eigenvalue weighted by Crippen LogP contribution is -2.41. The van der Waals surface area contributed by atoms with Crippen LogP contribution in [0.3, 0.4) is 0 Å². The number of carbonyl (C=O) groups is 1. The number of aryl methyl sites for hydroxylation is 2. The molecule has 6 heteroatoms. The summed E-state index contributed by atoms with van der Waals surface area (Å²) in [5, 5.41) is 12.6. The van der Waals surface area contributed by atoms with E-state index < -0.39 is 0 Å². The molecule has 0 saturated carbocycles. The maximum absolute atomic E-state index is 12.2. The Kier molecular flexibility index (Phi) is 7.09. The van der Waals surface area contributed by atoms with Gasteiger partial charge in [0.15, 0.2) is 5.16 Å². The Hall–Kier alpha value is -2.60. The Balaban J connectivity index is 1.74. The first-order valence-corrected chi connectivity index (χ1v) is 10.8. The zero-order chi connectivity index (χ0) is 20.7. The summed E-state index contributed by atoms with van der Waals surface area (Å²) in [6.07, 6.45) is 1.71. The van der Waals surface area contributed by atoms with Crippen molar-refractivity contribution in [2.75, 3.05) is 5.75 Å². The summed E-state index contributed by atoms with van der Waals surface area (Å²) in [5.41, 5.74) is 2.23. The molecule has 0 unspecified atom stereocenters. The van der Waals surface area contributed by atoms with Crippen molar-refractivity contribution >= 4 is 17.7 Å². The monoisotopic (exact) mass is 408 g/mol. The van der Waals surface area contributed by atoms with Crippen LogP contribution in [0.5, 0.6) is 0 Å². The Morgan fingerprint density at radius 1 is 0.931 bits per heavy atom. The number of nitrogens with one attached hydrogen (secondary N) is 1. The zero-order valence-corrected chi connectivity index (χ0v) is 18.1. The molecule has 0 aliphatic heterocycles. The van der Waals surface area contributed by atoms with E-state index in [1.807, 2.05) is 45.0 Å². The highest BCUT2D eigenvalue weighted by Gasteiger charge is 2.17. The first-order valence-electron chi connectivity index (χ1n) is 9.84. The van der Waals surface area contributed by atoms with Crippen LogP contribution in [0, 0.1) is 0 Å². The summed E-state index contributed by atoms with van der Waals surface area (Å²) in [7, 11) is 0. The van der Waals surface area contributed by atoms with Gasteiger partial charge in [-0.05, 0) is 38.3 Å². The summed E-state index contributed by atoms with van der Waals surface area (Å²) < 4.78 is 2.13. The molecular weight excluding hydrogens is 380 g/mol. The summed E-state index contributed by atoms with van der Waals surface area (Å²) in [6.45, 7) is 6.64. The second-order valence-corrected chi connectivity index (χ2v) is 8.99. The second kappa shape index (κ2) is 9.74. The van der Waals surface area contributed by atoms with Crippen LogP contribution in [0.15, 0.2) is 65.8 Å². The van der Waals surface area contributed by atoms with E-state index in [1.54, 1.807) is 0 Å². The summed E-state index contributed by atoms with van der Waals surface area (Å²) in [4.78, 5) is 12.2. The molecule has 3 rings (SSSR count). The number of nitrogens with zero attached hydrogens (tertiary/aromatic N) is 3. The quantitative estimate of drug-likeness (QED) is 0.570. The maximum atomic E-state index is 12.2. The first-order chi connectivity index (χ1) is 13.9. The zero-order valence-electron chi connectivity index (χ0n) is 17.3. The molecule has 2 aromatic carbocycles. The fourth-order valence-corrected chi connectivity index (χ4v) is 3.78. The Bertz CT molecular complexity index is 917. The number of amides is 1. The molecule has 0 radical (unpaired) electrons. The lowest BCUT2D eigenvalue weighted by atomic mass is 10.1. The lowest BCUT2D eigenvalue weighted by molar-refractivity contribution is -0.119. The van der Waals surface area contributed by atoms with Gasteiger partial charge >= 0.3 is 0 Å². The fraction of sp³-hybridized carbons (Fsp3) is 0.348. The normalized spacial score (nSPS) is 11.4. The van der Waals surface area contributed by atoms with Crippen LogP contribution in [0.1, 0.15) is 37.7 Å². The van der Waals surface area contributed by atoms with Crippen LogP contribution >= 0.6 is 11.8 Å². The van der Waals surface area contributed by atoms with Crippen LogP contribution in [-0.2, 0) is 24.2 Å². The number of thioether (sulfide) groups is 1. The largest absolute Gasteiger partial charge is 0.351 e. The van der Waals surface area contributed by atoms with Crippen molar-refractivity contribution in [1.82, 2.24) is 20.1 Å². The molecule has 0 bridgehead atoms. The molecule has 1 N–H and O–H groups in total. The Morgan fingerprint density at radius 2 is 1.55 bits per heavy atom. The third-order valence-corrected chi connectivity index (χ3v) is 5.27. The molecule has 1 amide bonds. The van der Waals surface area contributed by atoms with Gasteiger partial charge in [0.2, 0.25) is 5.91 Å². The van der Waals surface area contributed by atoms with Gasteiger partial charge in [0.25, 0.3) is 0 Å². The van der Waals surface area contributed by atoms with Crippen LogP contribution < -0.4 is 5.32 Å². The van der Waals surface area contributed by atoms with Gasteiger partial charge in [0, 0.05) is 12.0 Å². The number of benzene rings is 2. The van der Waals surface area contributed by atoms with Gasteiger partial charge in [-0.25, -0.2) is 0 Å². The molecule has 3 aromatic rings. The number of hydrogen-bond donors (Lipinski definition) is 1. The van der Waals surface area contributed by atoms with E-state index in [4.69, 9.17) is 0 Å². The van der Waals surface area contributed by atoms with E-state index >= 15 is 0 Å². The third kappa shape index (κ3) is 6.75. The average Bonchev–Trinajstić information content (AvgIpc) is 3.06. The van der Waals surface area contributed by atoms with Gasteiger partial charge < -0.3 is 9.88 Å². The molecule has 0 spiro atoms. The van der Waals surface area contributed by atoms with Crippen molar-refractivity contribution in [3.05, 3.63) is 77.6 Å². The number of aromatic nitrogens is 3. The standard InChI is InChI=1S/C23H28N4OS/c1-23(2,3)24-21(28)17-29-22-26-25-20(15-14-18-10-6-4-7-11-18)27(22)16-19-12-8-5-9-13-19/h4-13H,14-17H2,1-3H3,(H,24,28). The minimum atomic E-state index is -0.240. The van der Waals surface area contributed by atoms with Crippen LogP contribution in [-0.4, -0.2) is 32.0 Å². The minimum Gasteiger partial charge on any atom is -0.351 e. The predicted octanol–water partition coefficient (Wildman–Crippen LogP) is 4.12. The Labute approximate surface area is 176 Å². The van der Waals surface area contributed by atoms with Crippen LogP contribution in [0.25, 0.3) is 0 Å². The van der Waals surface area contributed by atoms with Gasteiger partial charge in [0.05, 0.1) is 12.3 Å². The van der Waals surface area contributed by atoms with Crippen molar-refractivity contribution in [3.8, 4) is 0 Å². The molecule has 152 valence electrons. The molecule has 1 heterocycles. The fourth-order valence-electron chi connectivity index (χ4n) is 3.02. The second-order valence-electron chi connectivity index (χ2n) is 8.04. The van der Waals surface area contributed by atoms with Crippen LogP contribution in [0.2, 0.25) is 0 Å². The van der Waals surface area contributed by atoms with E-state index in [-0.39, 0.29) is 11.4 Å². The van der Waals surface area contributed by atoms with E-state index in [9.17, 15) is 4.79 Å². The van der Waals surface area contributed by atoms with E-state index in [0.29, 0.717) is 12.3 Å². The molecule has 29 heavy (non-hydrogen) atoms. The van der Waals surface area contributed by atoms with E-state index in [1.165, 1.54) is 22.9 Å². The molecule has 0 saturated heterocycles. The van der Waals surface area contributed by atoms with Gasteiger partial charge in [-0.15, -0.1) is 10.2 Å². The maximum Gasteiger partial charge on any atom is 0.230 e. The smallest absolute Gasteiger partial charge is 0.230 e. The third-order valence-electron chi connectivity index (χ3n) is 4.30. The topological polar surface area (TPSA) is 59.8 Å². The molecular formula is C23H28N4OS.